The van der Waals surface area contributed by atoms with E-state index in [0.717, 1.165) is 0 Å². The SMILES string of the molecule is CCOC(=O)C(N)CCCC(NC(=O)CCC(NC(=O)C(C)NC(=O)CC(C)(C)N(C)C)C(=O)OCC)C(=O)O. The molecule has 230 valence electrons. The second kappa shape index (κ2) is 18.2. The second-order valence-electron chi connectivity index (χ2n) is 10.3. The van der Waals surface area contributed by atoms with Crippen LogP contribution in [0.1, 0.15) is 73.1 Å². The van der Waals surface area contributed by atoms with Gasteiger partial charge >= 0.3 is 17.9 Å². The van der Waals surface area contributed by atoms with Crippen LogP contribution in [-0.2, 0) is 38.2 Å². The van der Waals surface area contributed by atoms with E-state index in [-0.39, 0.29) is 57.6 Å². The van der Waals surface area contributed by atoms with E-state index in [1.165, 1.54) is 6.92 Å². The molecule has 0 saturated heterocycles. The van der Waals surface area contributed by atoms with Gasteiger partial charge in [-0.2, -0.15) is 0 Å². The molecule has 0 aromatic rings. The van der Waals surface area contributed by atoms with Crippen LogP contribution in [-0.4, -0.2) is 103 Å². The van der Waals surface area contributed by atoms with E-state index in [1.54, 1.807) is 13.8 Å². The summed E-state index contributed by atoms with van der Waals surface area (Å²) in [5.41, 5.74) is 5.27. The fraction of sp³-hybridized carbons (Fsp3) is 0.769. The zero-order valence-electron chi connectivity index (χ0n) is 24.7. The fourth-order valence-electron chi connectivity index (χ4n) is 3.41. The maximum absolute atomic E-state index is 12.7. The van der Waals surface area contributed by atoms with Gasteiger partial charge in [0.2, 0.25) is 17.7 Å². The van der Waals surface area contributed by atoms with Crippen LogP contribution in [0, 0.1) is 0 Å². The van der Waals surface area contributed by atoms with Crippen molar-refractivity contribution in [1.82, 2.24) is 20.9 Å². The first kappa shape index (κ1) is 36.7. The summed E-state index contributed by atoms with van der Waals surface area (Å²) in [6.45, 7) is 8.68. The van der Waals surface area contributed by atoms with Crippen molar-refractivity contribution < 1.29 is 43.3 Å². The number of ether oxygens (including phenoxy) is 2. The van der Waals surface area contributed by atoms with Gasteiger partial charge in [-0.25, -0.2) is 9.59 Å². The van der Waals surface area contributed by atoms with Gasteiger partial charge in [-0.1, -0.05) is 0 Å². The van der Waals surface area contributed by atoms with E-state index in [9.17, 15) is 33.9 Å². The van der Waals surface area contributed by atoms with Crippen molar-refractivity contribution in [3.05, 3.63) is 0 Å². The number of carboxylic acid groups (broad SMARTS) is 1. The van der Waals surface area contributed by atoms with Gasteiger partial charge in [-0.05, 0) is 74.4 Å². The summed E-state index contributed by atoms with van der Waals surface area (Å²) in [6, 6.07) is -4.29. The highest BCUT2D eigenvalue weighted by Gasteiger charge is 2.29. The summed E-state index contributed by atoms with van der Waals surface area (Å²) < 4.78 is 9.81. The average Bonchev–Trinajstić information content (AvgIpc) is 2.85. The Bertz CT molecular complexity index is 879. The quantitative estimate of drug-likeness (QED) is 0.127. The summed E-state index contributed by atoms with van der Waals surface area (Å²) >= 11 is 0. The molecule has 40 heavy (non-hydrogen) atoms. The molecule has 0 bridgehead atoms. The van der Waals surface area contributed by atoms with Crippen LogP contribution in [0.4, 0.5) is 0 Å². The molecular weight excluding hydrogens is 526 g/mol. The standard InChI is InChI=1S/C26H47N5O9/c1-8-39-24(37)17(27)11-10-12-18(23(35)36)29-20(32)14-13-19(25(38)40-9-2)30-22(34)16(3)28-21(33)15-26(4,5)31(6)7/h16-19H,8-15,27H2,1-7H3,(H,28,33)(H,29,32)(H,30,34)(H,35,36). The number of rotatable bonds is 19. The predicted octanol–water partition coefficient (Wildman–Crippen LogP) is -0.320. The maximum atomic E-state index is 12.7. The molecule has 14 nitrogen and oxygen atoms in total. The van der Waals surface area contributed by atoms with Crippen molar-refractivity contribution in [2.45, 2.75) is 103 Å². The molecule has 0 spiro atoms. The van der Waals surface area contributed by atoms with E-state index >= 15 is 0 Å². The molecule has 0 aromatic carbocycles. The summed E-state index contributed by atoms with van der Waals surface area (Å²) in [5, 5.41) is 16.9. The third-order valence-corrected chi connectivity index (χ3v) is 6.35. The number of carboxylic acids is 1. The molecule has 0 aliphatic carbocycles. The molecule has 0 fully saturated rings. The first-order valence-corrected chi connectivity index (χ1v) is 13.4. The third kappa shape index (κ3) is 14.2. The molecule has 0 heterocycles. The Hall–Kier alpha value is -3.26. The van der Waals surface area contributed by atoms with Gasteiger partial charge < -0.3 is 41.2 Å². The number of carbonyl (C=O) groups is 6. The molecule has 4 unspecified atom stereocenters. The van der Waals surface area contributed by atoms with Crippen molar-refractivity contribution in [2.75, 3.05) is 27.3 Å². The van der Waals surface area contributed by atoms with Crippen molar-refractivity contribution in [2.24, 2.45) is 5.73 Å². The molecule has 6 N–H and O–H groups in total. The van der Waals surface area contributed by atoms with Gasteiger partial charge in [0.1, 0.15) is 24.2 Å². The Morgan fingerprint density at radius 1 is 0.850 bits per heavy atom. The van der Waals surface area contributed by atoms with Crippen LogP contribution in [0.5, 0.6) is 0 Å². The zero-order valence-corrected chi connectivity index (χ0v) is 24.7. The normalized spacial score (nSPS) is 14.3. The van der Waals surface area contributed by atoms with E-state index < -0.39 is 59.4 Å². The maximum Gasteiger partial charge on any atom is 0.328 e. The largest absolute Gasteiger partial charge is 0.480 e. The van der Waals surface area contributed by atoms with Crippen LogP contribution in [0.2, 0.25) is 0 Å². The number of hydrogen-bond acceptors (Lipinski definition) is 10. The van der Waals surface area contributed by atoms with Crippen molar-refractivity contribution >= 4 is 35.6 Å². The predicted molar refractivity (Wildman–Crippen MR) is 146 cm³/mol. The number of hydrogen-bond donors (Lipinski definition) is 5. The molecule has 0 radical (unpaired) electrons. The average molecular weight is 574 g/mol. The minimum Gasteiger partial charge on any atom is -0.480 e. The van der Waals surface area contributed by atoms with Crippen LogP contribution in [0.25, 0.3) is 0 Å². The number of nitrogens with zero attached hydrogens (tertiary/aromatic N) is 1. The molecule has 14 heteroatoms. The van der Waals surface area contributed by atoms with E-state index in [1.807, 2.05) is 32.8 Å². The fourth-order valence-corrected chi connectivity index (χ4v) is 3.41. The number of amides is 3. The lowest BCUT2D eigenvalue weighted by molar-refractivity contribution is -0.148. The number of esters is 2. The van der Waals surface area contributed by atoms with Gasteiger partial charge in [0, 0.05) is 18.4 Å². The zero-order chi connectivity index (χ0) is 31.0. The molecule has 0 aromatic heterocycles. The molecule has 0 saturated carbocycles. The number of carbonyl (C=O) groups excluding carboxylic acids is 5. The summed E-state index contributed by atoms with van der Waals surface area (Å²) in [5.74, 6) is -4.27. The Morgan fingerprint density at radius 2 is 1.43 bits per heavy atom. The molecule has 4 atom stereocenters. The van der Waals surface area contributed by atoms with Crippen molar-refractivity contribution in [3.63, 3.8) is 0 Å². The third-order valence-electron chi connectivity index (χ3n) is 6.35. The lowest BCUT2D eigenvalue weighted by atomic mass is 9.98. The Morgan fingerprint density at radius 3 is 1.95 bits per heavy atom. The first-order valence-electron chi connectivity index (χ1n) is 13.4. The molecule has 0 aliphatic rings. The summed E-state index contributed by atoms with van der Waals surface area (Å²) in [7, 11) is 3.67. The van der Waals surface area contributed by atoms with Crippen LogP contribution >= 0.6 is 0 Å². The number of aliphatic carboxylic acids is 1. The van der Waals surface area contributed by atoms with Crippen LogP contribution in [0.15, 0.2) is 0 Å². The topological polar surface area (TPSA) is 206 Å². The van der Waals surface area contributed by atoms with Gasteiger partial charge in [0.15, 0.2) is 0 Å². The highest BCUT2D eigenvalue weighted by atomic mass is 16.5. The van der Waals surface area contributed by atoms with Crippen molar-refractivity contribution in [1.29, 1.82) is 0 Å². The smallest absolute Gasteiger partial charge is 0.328 e. The van der Waals surface area contributed by atoms with Crippen LogP contribution in [0.3, 0.4) is 0 Å². The monoisotopic (exact) mass is 573 g/mol. The highest BCUT2D eigenvalue weighted by Crippen LogP contribution is 2.15. The van der Waals surface area contributed by atoms with Gasteiger partial charge in [0.05, 0.1) is 13.2 Å². The summed E-state index contributed by atoms with van der Waals surface area (Å²) in [4.78, 5) is 75.1. The number of nitrogens with one attached hydrogen (secondary N) is 3. The second-order valence-corrected chi connectivity index (χ2v) is 10.3. The molecular formula is C26H47N5O9. The van der Waals surface area contributed by atoms with E-state index in [4.69, 9.17) is 15.2 Å². The molecule has 0 rings (SSSR count). The molecule has 3 amide bonds. The van der Waals surface area contributed by atoms with Crippen molar-refractivity contribution in [3.8, 4) is 0 Å². The highest BCUT2D eigenvalue weighted by molar-refractivity contribution is 5.91. The minimum atomic E-state index is -1.27. The van der Waals surface area contributed by atoms with E-state index in [2.05, 4.69) is 16.0 Å². The van der Waals surface area contributed by atoms with Gasteiger partial charge in [-0.3, -0.25) is 19.2 Å². The van der Waals surface area contributed by atoms with E-state index in [0.29, 0.717) is 0 Å². The van der Waals surface area contributed by atoms with Crippen LogP contribution < -0.4 is 21.7 Å². The number of nitrogens with two attached hydrogens (primary N) is 1. The molecule has 0 aliphatic heterocycles. The van der Waals surface area contributed by atoms with Gasteiger partial charge in [-0.15, -0.1) is 0 Å². The first-order chi connectivity index (χ1) is 18.5. The lowest BCUT2D eigenvalue weighted by Gasteiger charge is -2.32. The Labute approximate surface area is 236 Å². The lowest BCUT2D eigenvalue weighted by Crippen LogP contribution is -2.52. The Balaban J connectivity index is 5.04. The Kier molecular flexibility index (Phi) is 16.7. The van der Waals surface area contributed by atoms with Gasteiger partial charge in [0.25, 0.3) is 0 Å². The summed E-state index contributed by atoms with van der Waals surface area (Å²) in [6.07, 6.45) is 0.135. The minimum absolute atomic E-state index is 0.0219.